The molecule has 0 aliphatic carbocycles. The molecule has 0 N–H and O–H groups in total. The first-order chi connectivity index (χ1) is 66.4. The van der Waals surface area contributed by atoms with Crippen molar-refractivity contribution in [1.82, 2.24) is 86.9 Å². The second kappa shape index (κ2) is 38.1. The zero-order valence-corrected chi connectivity index (χ0v) is 81.8. The van der Waals surface area contributed by atoms with E-state index in [-0.39, 0.29) is 84.3 Å². The summed E-state index contributed by atoms with van der Waals surface area (Å²) in [4.78, 5) is 9.04. The summed E-state index contributed by atoms with van der Waals surface area (Å²) in [5.74, 6) is 0. The van der Waals surface area contributed by atoms with Crippen molar-refractivity contribution in [3.05, 3.63) is 474 Å². The molecule has 0 aliphatic heterocycles. The number of benzene rings is 16. The summed E-state index contributed by atoms with van der Waals surface area (Å²) in [6.45, 7) is 0. The van der Waals surface area contributed by atoms with Crippen LogP contribution in [0.5, 0.6) is 0 Å². The Morgan fingerprint density at radius 1 is 0.181 bits per heavy atom. The minimum atomic E-state index is 0. The molecule has 0 aliphatic rings. The summed E-state index contributed by atoms with van der Waals surface area (Å²) in [5, 5.41) is 41.5. The number of para-hydroxylation sites is 4. The van der Waals surface area contributed by atoms with E-state index >= 15 is 0 Å². The quantitative estimate of drug-likeness (QED) is 0.110. The summed E-state index contributed by atoms with van der Waals surface area (Å²) in [7, 11) is 0. The largest absolute Gasteiger partial charge is 2.00 e. The molecule has 28 aromatic rings. The second-order valence-corrected chi connectivity index (χ2v) is 32.4. The Morgan fingerprint density at radius 2 is 0.457 bits per heavy atom. The Labute approximate surface area is 848 Å². The predicted octanol–water partition coefficient (Wildman–Crippen LogP) is 25.4. The van der Waals surface area contributed by atoms with Gasteiger partial charge in [0.15, 0.2) is 0 Å². The molecule has 0 spiro atoms. The molecule has 0 amide bonds. The van der Waals surface area contributed by atoms with E-state index in [4.69, 9.17) is 20.4 Å². The number of pyridine rings is 2. The molecular formula is C116H70N18Pt4. The second-order valence-electron chi connectivity index (χ2n) is 32.4. The van der Waals surface area contributed by atoms with Crippen LogP contribution in [0.2, 0.25) is 0 Å². The molecule has 0 saturated heterocycles. The van der Waals surface area contributed by atoms with E-state index in [9.17, 15) is 0 Å². The third-order valence-electron chi connectivity index (χ3n) is 24.4. The molecule has 664 valence electrons. The molecule has 12 heterocycles. The number of aromatic nitrogens is 18. The molecule has 22 heteroatoms. The normalized spacial score (nSPS) is 11.2. The van der Waals surface area contributed by atoms with E-state index in [0.29, 0.717) is 0 Å². The maximum absolute atomic E-state index is 4.76. The van der Waals surface area contributed by atoms with Gasteiger partial charge in [0.1, 0.15) is 0 Å². The molecule has 0 fully saturated rings. The Bertz CT molecular complexity index is 9200. The van der Waals surface area contributed by atoms with Gasteiger partial charge in [0, 0.05) is 106 Å². The van der Waals surface area contributed by atoms with E-state index in [0.717, 1.165) is 189 Å². The molecule has 28 rings (SSSR count). The van der Waals surface area contributed by atoms with Crippen LogP contribution in [0, 0.1) is 48.5 Å². The van der Waals surface area contributed by atoms with Crippen LogP contribution < -0.4 is 0 Å². The van der Waals surface area contributed by atoms with E-state index in [1.165, 1.54) is 21.5 Å². The Kier molecular flexibility index (Phi) is 24.5. The summed E-state index contributed by atoms with van der Waals surface area (Å²) < 4.78 is 20.1. The molecule has 138 heavy (non-hydrogen) atoms. The maximum Gasteiger partial charge on any atom is 2.00 e. The molecule has 12 aromatic heterocycles. The van der Waals surface area contributed by atoms with Crippen molar-refractivity contribution < 1.29 is 84.3 Å². The number of hydrogen-bond donors (Lipinski definition) is 0. The Morgan fingerprint density at radius 3 is 0.790 bits per heavy atom. The van der Waals surface area contributed by atoms with Gasteiger partial charge in [-0.25, -0.2) is 0 Å². The van der Waals surface area contributed by atoms with E-state index in [1.807, 2.05) is 235 Å². The van der Waals surface area contributed by atoms with Crippen molar-refractivity contribution in [2.75, 3.05) is 0 Å². The van der Waals surface area contributed by atoms with Crippen LogP contribution >= 0.6 is 0 Å². The number of hydrogen-bond acceptors (Lipinski definition) is 8. The van der Waals surface area contributed by atoms with Crippen molar-refractivity contribution in [3.8, 4) is 79.4 Å². The van der Waals surface area contributed by atoms with Crippen molar-refractivity contribution in [3.63, 3.8) is 0 Å². The fourth-order valence-corrected chi connectivity index (χ4v) is 18.2. The van der Waals surface area contributed by atoms with Crippen molar-refractivity contribution in [2.45, 2.75) is 0 Å². The van der Waals surface area contributed by atoms with E-state index in [2.05, 4.69) is 293 Å². The van der Waals surface area contributed by atoms with Crippen LogP contribution in [0.25, 0.3) is 210 Å². The van der Waals surface area contributed by atoms with Gasteiger partial charge < -0.3 is 28.2 Å². The van der Waals surface area contributed by atoms with Crippen LogP contribution in [0.3, 0.4) is 0 Å². The fourth-order valence-electron chi connectivity index (χ4n) is 18.2. The van der Waals surface area contributed by atoms with Gasteiger partial charge >= 0.3 is 84.3 Å². The fraction of sp³-hybridized carbons (Fsp3) is 0. The van der Waals surface area contributed by atoms with Crippen LogP contribution in [0.1, 0.15) is 0 Å². The van der Waals surface area contributed by atoms with Crippen LogP contribution in [0.4, 0.5) is 0 Å². The van der Waals surface area contributed by atoms with Gasteiger partial charge in [-0.3, -0.25) is 28.1 Å². The van der Waals surface area contributed by atoms with Gasteiger partial charge in [0.2, 0.25) is 0 Å². The minimum absolute atomic E-state index is 0. The molecule has 0 unspecified atom stereocenters. The predicted molar refractivity (Wildman–Crippen MR) is 533 cm³/mol. The summed E-state index contributed by atoms with van der Waals surface area (Å²) in [6, 6.07) is 152. The van der Waals surface area contributed by atoms with Gasteiger partial charge in [-0.05, 0) is 151 Å². The standard InChI is InChI=1S/2C30H18N4.2C28H17N5.4Pt/c1-3-13-28-22(8-1)20-33(32-28)23-9-7-10-24(19-23)34-29-14-4-2-11-25(29)26-16-15-21(18-30(26)34)27-12-5-6-17-31-27;1-3-13-28-22(8-1)20-33(32-28)23-15-16-26-25-11-2-4-14-29(25)34(30(26)19-23)24-10-7-9-21(18-24)27-12-5-6-17-31-27;1-3-11-26-20(7-1)19-32(30-26)21-8-5-9-23(17-21)33-27-12-4-2-10-24(27)25-14-13-22(18-28(25)33)31-16-6-15-29-31;1-3-11-26-20(7-1)19-32(30-26)22-13-14-25-24-10-2-4-12-27(24)33(28(25)18-22)23-9-5-8-21(17-23)31-16-6-15-29-31;;;;/h2*1-17,20H;2*1-16,19H;;;;/q4*-2;4*+2. The molecule has 0 radical (unpaired) electrons. The Balaban J connectivity index is 0.000000109. The maximum atomic E-state index is 4.76. The van der Waals surface area contributed by atoms with Gasteiger partial charge in [-0.1, -0.05) is 209 Å². The minimum Gasteiger partial charge on any atom is -0.358 e. The van der Waals surface area contributed by atoms with Crippen LogP contribution in [0.15, 0.2) is 426 Å². The van der Waals surface area contributed by atoms with Crippen LogP contribution in [-0.2, 0) is 84.3 Å². The van der Waals surface area contributed by atoms with E-state index < -0.39 is 0 Å². The summed E-state index contributed by atoms with van der Waals surface area (Å²) in [6.07, 6.45) is 19.2. The smallest absolute Gasteiger partial charge is 0.358 e. The number of fused-ring (bicyclic) bond motifs is 16. The first-order valence-corrected chi connectivity index (χ1v) is 44.0. The van der Waals surface area contributed by atoms with Crippen LogP contribution in [-0.4, -0.2) is 86.9 Å². The summed E-state index contributed by atoms with van der Waals surface area (Å²) >= 11 is 0. The van der Waals surface area contributed by atoms with Crippen molar-refractivity contribution in [2.24, 2.45) is 0 Å². The third kappa shape index (κ3) is 16.4. The average Bonchev–Trinajstić information content (AvgIpc) is 1.60. The van der Waals surface area contributed by atoms with E-state index in [1.54, 1.807) is 12.4 Å². The SMILES string of the molecule is [Pt+2].[Pt+2].[Pt+2].[Pt+2].[c-]1c(-c2ccccn2)cccc1-n1c2[c-]c(-n3cc4ccccc4n3)ccc2c2ccccc21.[c-]1c(-n2cc3ccccc3n2)cccc1-n1c2[c-]c(-c3ccccn3)ccc2c2ccccc21.[c-]1c(-n2cc3ccccc3n2)cccc1-n1c2[c-]c(-n3cccn3)ccc2c2ccccc21.[c-]1c(-n2cccn2)cccc1-n1c2[c-]c(-n3cc4ccccc4n3)ccc2c2ccccc21. The molecule has 16 aromatic carbocycles. The molecule has 0 atom stereocenters. The zero-order chi connectivity index (χ0) is 88.5. The first kappa shape index (κ1) is 88.7. The van der Waals surface area contributed by atoms with Gasteiger partial charge in [-0.2, -0.15) is 67.0 Å². The molecular weight excluding hydrogens is 2430 g/mol. The first-order valence-electron chi connectivity index (χ1n) is 44.0. The molecule has 0 bridgehead atoms. The Hall–Kier alpha value is -15.9. The average molecular weight is 2500 g/mol. The van der Waals surface area contributed by atoms with Crippen molar-refractivity contribution >= 4 is 131 Å². The van der Waals surface area contributed by atoms with Gasteiger partial charge in [0.05, 0.1) is 22.1 Å². The van der Waals surface area contributed by atoms with Crippen molar-refractivity contribution in [1.29, 1.82) is 0 Å². The number of nitrogens with zero attached hydrogens (tertiary/aromatic N) is 18. The zero-order valence-electron chi connectivity index (χ0n) is 72.7. The van der Waals surface area contributed by atoms with Gasteiger partial charge in [0.25, 0.3) is 0 Å². The molecule has 18 nitrogen and oxygen atoms in total. The topological polar surface area (TPSA) is 152 Å². The third-order valence-corrected chi connectivity index (χ3v) is 24.4. The molecule has 0 saturated carbocycles. The van der Waals surface area contributed by atoms with Gasteiger partial charge in [-0.15, -0.1) is 161 Å². The number of rotatable bonds is 12. The summed E-state index contributed by atoms with van der Waals surface area (Å²) in [5.41, 5.74) is 25.1. The monoisotopic (exact) mass is 2490 g/mol.